The molecule has 0 amide bonds. The number of hydrogen-bond donors (Lipinski definition) is 1. The third-order valence-electron chi connectivity index (χ3n) is 4.86. The number of aromatic nitrogens is 1. The van der Waals surface area contributed by atoms with Crippen LogP contribution < -0.4 is 16.0 Å². The van der Waals surface area contributed by atoms with Gasteiger partial charge in [-0.3, -0.25) is 0 Å². The molecule has 124 valence electrons. The summed E-state index contributed by atoms with van der Waals surface area (Å²) in [5.74, 6) is 0.737. The fourth-order valence-electron chi connectivity index (χ4n) is 2.30. The van der Waals surface area contributed by atoms with Crippen molar-refractivity contribution in [3.8, 4) is 0 Å². The molecule has 2 aliphatic rings. The van der Waals surface area contributed by atoms with Gasteiger partial charge >= 0.3 is 7.12 Å². The average molecular weight is 316 g/mol. The Kier molecular flexibility index (Phi) is 3.93. The summed E-state index contributed by atoms with van der Waals surface area (Å²) in [5, 5.41) is 8.14. The van der Waals surface area contributed by atoms with E-state index in [0.29, 0.717) is 11.5 Å². The van der Waals surface area contributed by atoms with Crippen molar-refractivity contribution >= 4 is 25.6 Å². The van der Waals surface area contributed by atoms with Crippen LogP contribution in [0.25, 0.3) is 12.7 Å². The molecule has 1 aliphatic heterocycles. The minimum atomic E-state index is -0.350. The molecule has 2 fully saturated rings. The van der Waals surface area contributed by atoms with E-state index in [0.717, 1.165) is 16.5 Å². The monoisotopic (exact) mass is 316 g/mol. The molecule has 23 heavy (non-hydrogen) atoms. The van der Waals surface area contributed by atoms with Gasteiger partial charge in [0.2, 0.25) is 0 Å². The van der Waals surface area contributed by atoms with Gasteiger partial charge in [-0.05, 0) is 59.0 Å². The summed E-state index contributed by atoms with van der Waals surface area (Å²) in [6, 6.07) is 0.524. The van der Waals surface area contributed by atoms with Crippen molar-refractivity contribution < 1.29 is 13.8 Å². The molecule has 1 aliphatic carbocycles. The van der Waals surface area contributed by atoms with Crippen LogP contribution in [0, 0.1) is 0 Å². The Morgan fingerprint density at radius 3 is 2.43 bits per heavy atom. The van der Waals surface area contributed by atoms with Gasteiger partial charge in [-0.15, -0.1) is 0 Å². The zero-order chi connectivity index (χ0) is 16.8. The Hall–Kier alpha value is -1.53. The molecule has 0 atom stereocenters. The largest absolute Gasteiger partial charge is 0.490 e. The highest BCUT2D eigenvalue weighted by Gasteiger charge is 2.51. The van der Waals surface area contributed by atoms with Crippen molar-refractivity contribution in [1.82, 2.24) is 5.16 Å². The first kappa shape index (κ1) is 16.3. The normalized spacial score (nSPS) is 24.3. The van der Waals surface area contributed by atoms with Crippen LogP contribution >= 0.6 is 0 Å². The number of allylic oxidation sites excluding steroid dienone is 2. The smallest absolute Gasteiger partial charge is 0.400 e. The molecular formula is C17H25BN2O3. The van der Waals surface area contributed by atoms with Gasteiger partial charge in [0.1, 0.15) is 0 Å². The highest BCUT2D eigenvalue weighted by molar-refractivity contribution is 6.54. The van der Waals surface area contributed by atoms with E-state index >= 15 is 0 Å². The maximum absolute atomic E-state index is 6.03. The Labute approximate surface area is 137 Å². The SMILES string of the molecule is C=c1c(NC2CC2)no/c1=C/C=C(\C)B1OC(C)(C)C(C)(C)O1. The van der Waals surface area contributed by atoms with Crippen LogP contribution in [0.1, 0.15) is 47.5 Å². The molecule has 0 spiro atoms. The Bertz CT molecular complexity index is 716. The highest BCUT2D eigenvalue weighted by atomic mass is 16.7. The van der Waals surface area contributed by atoms with Crippen LogP contribution in [-0.4, -0.2) is 29.5 Å². The predicted octanol–water partition coefficient (Wildman–Crippen LogP) is 2.02. The molecule has 1 saturated carbocycles. The molecule has 1 aromatic rings. The second kappa shape index (κ2) is 5.53. The Morgan fingerprint density at radius 1 is 1.26 bits per heavy atom. The second-order valence-corrected chi connectivity index (χ2v) is 7.46. The summed E-state index contributed by atoms with van der Waals surface area (Å²) in [7, 11) is -0.350. The van der Waals surface area contributed by atoms with E-state index in [1.54, 1.807) is 0 Å². The van der Waals surface area contributed by atoms with Gasteiger partial charge in [-0.2, -0.15) is 0 Å². The Balaban J connectivity index is 1.77. The lowest BCUT2D eigenvalue weighted by molar-refractivity contribution is 0.00578. The van der Waals surface area contributed by atoms with Crippen molar-refractivity contribution in [1.29, 1.82) is 0 Å². The van der Waals surface area contributed by atoms with E-state index in [2.05, 4.69) is 17.1 Å². The average Bonchev–Trinajstić information content (AvgIpc) is 3.16. The van der Waals surface area contributed by atoms with Crippen molar-refractivity contribution in [2.75, 3.05) is 5.32 Å². The summed E-state index contributed by atoms with van der Waals surface area (Å²) < 4.78 is 17.4. The van der Waals surface area contributed by atoms with Gasteiger partial charge in [-0.1, -0.05) is 17.8 Å². The minimum Gasteiger partial charge on any atom is -0.400 e. The summed E-state index contributed by atoms with van der Waals surface area (Å²) in [6.45, 7) is 14.2. The van der Waals surface area contributed by atoms with Crippen LogP contribution in [0.3, 0.4) is 0 Å². The minimum absolute atomic E-state index is 0.335. The number of nitrogens with one attached hydrogen (secondary N) is 1. The quantitative estimate of drug-likeness (QED) is 0.861. The van der Waals surface area contributed by atoms with Gasteiger partial charge in [0, 0.05) is 6.04 Å². The second-order valence-electron chi connectivity index (χ2n) is 7.46. The maximum atomic E-state index is 6.03. The number of anilines is 1. The third-order valence-corrected chi connectivity index (χ3v) is 4.86. The van der Waals surface area contributed by atoms with Crippen LogP contribution in [0.5, 0.6) is 0 Å². The number of nitrogens with zero attached hydrogens (tertiary/aromatic N) is 1. The van der Waals surface area contributed by atoms with Gasteiger partial charge in [-0.25, -0.2) is 0 Å². The lowest BCUT2D eigenvalue weighted by atomic mass is 9.79. The van der Waals surface area contributed by atoms with Crippen molar-refractivity contribution in [3.05, 3.63) is 22.2 Å². The van der Waals surface area contributed by atoms with Gasteiger partial charge in [0.05, 0.1) is 16.4 Å². The van der Waals surface area contributed by atoms with E-state index in [1.165, 1.54) is 12.8 Å². The number of rotatable bonds is 4. The lowest BCUT2D eigenvalue weighted by Gasteiger charge is -2.32. The highest BCUT2D eigenvalue weighted by Crippen LogP contribution is 2.38. The van der Waals surface area contributed by atoms with Gasteiger partial charge < -0.3 is 19.1 Å². The first-order chi connectivity index (χ1) is 10.7. The van der Waals surface area contributed by atoms with Crippen LogP contribution in [-0.2, 0) is 9.31 Å². The maximum Gasteiger partial charge on any atom is 0.490 e. The fourth-order valence-corrected chi connectivity index (χ4v) is 2.30. The van der Waals surface area contributed by atoms with Crippen molar-refractivity contribution in [2.45, 2.75) is 64.7 Å². The number of hydrogen-bond acceptors (Lipinski definition) is 5. The summed E-state index contributed by atoms with van der Waals surface area (Å²) >= 11 is 0. The van der Waals surface area contributed by atoms with E-state index in [4.69, 9.17) is 13.8 Å². The topological polar surface area (TPSA) is 56.5 Å². The van der Waals surface area contributed by atoms with E-state index < -0.39 is 0 Å². The molecule has 1 N–H and O–H groups in total. The van der Waals surface area contributed by atoms with Crippen LogP contribution in [0.15, 0.2) is 16.1 Å². The first-order valence-electron chi connectivity index (χ1n) is 8.15. The van der Waals surface area contributed by atoms with E-state index in [-0.39, 0.29) is 18.3 Å². The third kappa shape index (κ3) is 3.24. The zero-order valence-electron chi connectivity index (χ0n) is 14.6. The summed E-state index contributed by atoms with van der Waals surface area (Å²) in [5.41, 5.74) is 0.968. The van der Waals surface area contributed by atoms with Crippen LogP contribution in [0.2, 0.25) is 0 Å². The molecule has 0 aromatic carbocycles. The zero-order valence-corrected chi connectivity index (χ0v) is 14.6. The van der Waals surface area contributed by atoms with E-state index in [9.17, 15) is 0 Å². The molecule has 6 heteroatoms. The Morgan fingerprint density at radius 2 is 1.87 bits per heavy atom. The van der Waals surface area contributed by atoms with Crippen LogP contribution in [0.4, 0.5) is 5.82 Å². The molecule has 0 radical (unpaired) electrons. The van der Waals surface area contributed by atoms with Gasteiger partial charge in [0.15, 0.2) is 11.2 Å². The molecule has 0 unspecified atom stereocenters. The molecule has 1 aromatic heterocycles. The van der Waals surface area contributed by atoms with E-state index in [1.807, 2.05) is 46.8 Å². The van der Waals surface area contributed by atoms with Gasteiger partial charge in [0.25, 0.3) is 0 Å². The summed E-state index contributed by atoms with van der Waals surface area (Å²) in [4.78, 5) is 0. The first-order valence-corrected chi connectivity index (χ1v) is 8.15. The lowest BCUT2D eigenvalue weighted by Crippen LogP contribution is -2.41. The molecule has 0 bridgehead atoms. The van der Waals surface area contributed by atoms with Crippen molar-refractivity contribution in [2.24, 2.45) is 0 Å². The molecule has 2 heterocycles. The fraction of sp³-hybridized carbons (Fsp3) is 0.588. The molecular weight excluding hydrogens is 291 g/mol. The molecule has 3 rings (SSSR count). The van der Waals surface area contributed by atoms with Crippen molar-refractivity contribution in [3.63, 3.8) is 0 Å². The predicted molar refractivity (Wildman–Crippen MR) is 92.2 cm³/mol. The molecule has 5 nitrogen and oxygen atoms in total. The standard InChI is InChI=1S/C17H25BN2O3/c1-11(18-22-16(3,4)17(5,6)23-18)7-10-14-12(2)15(20-21-14)19-13-8-9-13/h7,10,13H,2,8-9H2,1,3-6H3,(H,19,20)/b11-7+,14-10+. The molecule has 1 saturated heterocycles. The summed E-state index contributed by atoms with van der Waals surface area (Å²) in [6.07, 6.45) is 6.19.